The number of benzene rings is 2. The average molecular weight is 298 g/mol. The van der Waals surface area contributed by atoms with Gasteiger partial charge in [-0.05, 0) is 29.7 Å². The fourth-order valence-corrected chi connectivity index (χ4v) is 1.96. The number of rotatable bonds is 6. The molecule has 0 aliphatic rings. The number of carbonyl (C=O) groups excluding carboxylic acids is 1. The predicted octanol–water partition coefficient (Wildman–Crippen LogP) is 3.23. The van der Waals surface area contributed by atoms with Crippen LogP contribution >= 0.6 is 0 Å². The lowest BCUT2D eigenvalue weighted by molar-refractivity contribution is 0.0949. The van der Waals surface area contributed by atoms with E-state index in [2.05, 4.69) is 19.2 Å². The summed E-state index contributed by atoms with van der Waals surface area (Å²) in [4.78, 5) is 12.0. The number of nitrogens with two attached hydrogens (primary N) is 1. The number of hydrogen-bond acceptors (Lipinski definition) is 3. The van der Waals surface area contributed by atoms with E-state index in [9.17, 15) is 4.79 Å². The molecule has 4 nitrogen and oxygen atoms in total. The minimum atomic E-state index is -0.116. The van der Waals surface area contributed by atoms with Crippen molar-refractivity contribution in [2.24, 2.45) is 5.92 Å². The second-order valence-electron chi connectivity index (χ2n) is 5.63. The first-order chi connectivity index (χ1) is 10.6. The molecule has 116 valence electrons. The van der Waals surface area contributed by atoms with Gasteiger partial charge in [-0.2, -0.15) is 0 Å². The number of nitrogens with one attached hydrogen (secondary N) is 1. The lowest BCUT2D eigenvalue weighted by atomic mass is 10.1. The van der Waals surface area contributed by atoms with E-state index in [0.717, 1.165) is 5.56 Å². The molecule has 0 radical (unpaired) electrons. The summed E-state index contributed by atoms with van der Waals surface area (Å²) in [6, 6.07) is 15.0. The highest BCUT2D eigenvalue weighted by Crippen LogP contribution is 2.23. The zero-order valence-electron chi connectivity index (χ0n) is 13.0. The van der Waals surface area contributed by atoms with Crippen LogP contribution in [0.4, 0.5) is 5.69 Å². The molecule has 3 N–H and O–H groups in total. The van der Waals surface area contributed by atoms with Crippen LogP contribution < -0.4 is 15.8 Å². The molecule has 2 aromatic carbocycles. The molecule has 0 aliphatic carbocycles. The first-order valence-electron chi connectivity index (χ1n) is 7.40. The van der Waals surface area contributed by atoms with Crippen LogP contribution in [0, 0.1) is 5.92 Å². The Labute approximate surface area is 131 Å². The van der Waals surface area contributed by atoms with Crippen molar-refractivity contribution in [3.63, 3.8) is 0 Å². The monoisotopic (exact) mass is 298 g/mol. The molecule has 2 aromatic rings. The van der Waals surface area contributed by atoms with Crippen LogP contribution in [0.15, 0.2) is 48.5 Å². The van der Waals surface area contributed by atoms with Gasteiger partial charge < -0.3 is 15.8 Å². The minimum Gasteiger partial charge on any atom is -0.487 e. The van der Waals surface area contributed by atoms with Gasteiger partial charge in [-0.3, -0.25) is 4.79 Å². The Kier molecular flexibility index (Phi) is 5.42. The van der Waals surface area contributed by atoms with E-state index in [1.54, 1.807) is 18.2 Å². The molecule has 0 unspecified atom stereocenters. The molecular weight excluding hydrogens is 276 g/mol. The van der Waals surface area contributed by atoms with Gasteiger partial charge in [-0.15, -0.1) is 0 Å². The van der Waals surface area contributed by atoms with E-state index in [4.69, 9.17) is 10.5 Å². The number of hydrogen-bond donors (Lipinski definition) is 2. The van der Waals surface area contributed by atoms with Crippen LogP contribution in [0.1, 0.15) is 29.8 Å². The van der Waals surface area contributed by atoms with E-state index < -0.39 is 0 Å². The molecule has 0 spiro atoms. The largest absolute Gasteiger partial charge is 0.487 e. The van der Waals surface area contributed by atoms with Gasteiger partial charge in [0.1, 0.15) is 12.4 Å². The SMILES string of the molecule is CC(C)CNC(=O)c1ccc(OCc2ccccc2)c(N)c1. The van der Waals surface area contributed by atoms with Crippen LogP contribution in [0.25, 0.3) is 0 Å². The third-order valence-electron chi connectivity index (χ3n) is 3.18. The average Bonchev–Trinajstić information content (AvgIpc) is 2.52. The first kappa shape index (κ1) is 15.9. The maximum atomic E-state index is 12.0. The van der Waals surface area contributed by atoms with Crippen molar-refractivity contribution in [3.8, 4) is 5.75 Å². The number of amides is 1. The Morgan fingerprint density at radius 2 is 1.91 bits per heavy atom. The van der Waals surface area contributed by atoms with Crippen molar-refractivity contribution < 1.29 is 9.53 Å². The molecular formula is C18H22N2O2. The Morgan fingerprint density at radius 3 is 2.55 bits per heavy atom. The highest BCUT2D eigenvalue weighted by molar-refractivity contribution is 5.95. The quantitative estimate of drug-likeness (QED) is 0.805. The summed E-state index contributed by atoms with van der Waals surface area (Å²) in [5, 5.41) is 2.87. The molecule has 0 atom stereocenters. The van der Waals surface area contributed by atoms with Crippen molar-refractivity contribution in [3.05, 3.63) is 59.7 Å². The maximum absolute atomic E-state index is 12.0. The first-order valence-corrected chi connectivity index (χ1v) is 7.40. The van der Waals surface area contributed by atoms with E-state index in [0.29, 0.717) is 36.1 Å². The molecule has 0 saturated carbocycles. The van der Waals surface area contributed by atoms with Crippen molar-refractivity contribution in [2.45, 2.75) is 20.5 Å². The predicted molar refractivity (Wildman–Crippen MR) is 88.8 cm³/mol. The van der Waals surface area contributed by atoms with Gasteiger partial charge in [0.25, 0.3) is 5.91 Å². The van der Waals surface area contributed by atoms with Gasteiger partial charge >= 0.3 is 0 Å². The maximum Gasteiger partial charge on any atom is 0.251 e. The summed E-state index contributed by atoms with van der Waals surface area (Å²) in [6.07, 6.45) is 0. The van der Waals surface area contributed by atoms with Crippen LogP contribution in [0.3, 0.4) is 0 Å². The second kappa shape index (κ2) is 7.50. The van der Waals surface area contributed by atoms with Crippen LogP contribution in [-0.4, -0.2) is 12.5 Å². The Balaban J connectivity index is 1.98. The molecule has 0 aliphatic heterocycles. The number of nitrogen functional groups attached to an aromatic ring is 1. The molecule has 0 fully saturated rings. The highest BCUT2D eigenvalue weighted by Gasteiger charge is 2.09. The number of ether oxygens (including phenoxy) is 1. The second-order valence-corrected chi connectivity index (χ2v) is 5.63. The number of anilines is 1. The molecule has 0 bridgehead atoms. The zero-order valence-corrected chi connectivity index (χ0v) is 13.0. The van der Waals surface area contributed by atoms with E-state index >= 15 is 0 Å². The normalized spacial score (nSPS) is 10.5. The van der Waals surface area contributed by atoms with E-state index in [1.165, 1.54) is 0 Å². The molecule has 0 heterocycles. The third-order valence-corrected chi connectivity index (χ3v) is 3.18. The Morgan fingerprint density at radius 1 is 1.18 bits per heavy atom. The lowest BCUT2D eigenvalue weighted by Gasteiger charge is -2.11. The Hall–Kier alpha value is -2.49. The molecule has 22 heavy (non-hydrogen) atoms. The lowest BCUT2D eigenvalue weighted by Crippen LogP contribution is -2.27. The molecule has 0 aromatic heterocycles. The van der Waals surface area contributed by atoms with Crippen molar-refractivity contribution in [1.82, 2.24) is 5.32 Å². The fraction of sp³-hybridized carbons (Fsp3) is 0.278. The standard InChI is InChI=1S/C18H22N2O2/c1-13(2)11-20-18(21)15-8-9-17(16(19)10-15)22-12-14-6-4-3-5-7-14/h3-10,13H,11-12,19H2,1-2H3,(H,20,21). The molecule has 1 amide bonds. The summed E-state index contributed by atoms with van der Waals surface area (Å²) in [6.45, 7) is 5.19. The van der Waals surface area contributed by atoms with Gasteiger partial charge in [0.15, 0.2) is 0 Å². The van der Waals surface area contributed by atoms with Gasteiger partial charge in [0.2, 0.25) is 0 Å². The van der Waals surface area contributed by atoms with Crippen LogP contribution in [0.5, 0.6) is 5.75 Å². The van der Waals surface area contributed by atoms with Crippen LogP contribution in [0.2, 0.25) is 0 Å². The van der Waals surface area contributed by atoms with Gasteiger partial charge in [0.05, 0.1) is 5.69 Å². The molecule has 0 saturated heterocycles. The molecule has 4 heteroatoms. The van der Waals surface area contributed by atoms with Gasteiger partial charge in [-0.1, -0.05) is 44.2 Å². The highest BCUT2D eigenvalue weighted by atomic mass is 16.5. The van der Waals surface area contributed by atoms with Crippen molar-refractivity contribution >= 4 is 11.6 Å². The van der Waals surface area contributed by atoms with Crippen molar-refractivity contribution in [2.75, 3.05) is 12.3 Å². The fourth-order valence-electron chi connectivity index (χ4n) is 1.96. The van der Waals surface area contributed by atoms with Gasteiger partial charge in [0, 0.05) is 12.1 Å². The van der Waals surface area contributed by atoms with Gasteiger partial charge in [-0.25, -0.2) is 0 Å². The smallest absolute Gasteiger partial charge is 0.251 e. The zero-order chi connectivity index (χ0) is 15.9. The number of carbonyl (C=O) groups is 1. The van der Waals surface area contributed by atoms with Crippen molar-refractivity contribution in [1.29, 1.82) is 0 Å². The Bertz CT molecular complexity index is 624. The van der Waals surface area contributed by atoms with E-state index in [1.807, 2.05) is 30.3 Å². The summed E-state index contributed by atoms with van der Waals surface area (Å²) in [5.74, 6) is 0.883. The summed E-state index contributed by atoms with van der Waals surface area (Å²) in [7, 11) is 0. The third kappa shape index (κ3) is 4.52. The van der Waals surface area contributed by atoms with Crippen LogP contribution in [-0.2, 0) is 6.61 Å². The summed E-state index contributed by atoms with van der Waals surface area (Å²) < 4.78 is 5.70. The summed E-state index contributed by atoms with van der Waals surface area (Å²) >= 11 is 0. The molecule has 2 rings (SSSR count). The van der Waals surface area contributed by atoms with E-state index in [-0.39, 0.29) is 5.91 Å². The minimum absolute atomic E-state index is 0.116. The topological polar surface area (TPSA) is 64.3 Å². The summed E-state index contributed by atoms with van der Waals surface area (Å²) in [5.41, 5.74) is 8.06.